The SMILES string of the molecule is CCN(CC)C(=O)C1=C(C)N=c2s/c(=C/c3cc(I)cc(I)c3O)c(=O)n2[C@@H]1c1cc(OC)ccc1OC. The Kier molecular flexibility index (Phi) is 8.87. The first-order valence-electron chi connectivity index (χ1n) is 11.9. The highest BCUT2D eigenvalue weighted by molar-refractivity contribution is 14.1. The van der Waals surface area contributed by atoms with Crippen LogP contribution in [0.1, 0.15) is 37.9 Å². The Morgan fingerprint density at radius 2 is 1.89 bits per heavy atom. The quantitative estimate of drug-likeness (QED) is 0.368. The third kappa shape index (κ3) is 5.24. The molecule has 0 bridgehead atoms. The maximum absolute atomic E-state index is 14.0. The predicted octanol–water partition coefficient (Wildman–Crippen LogP) is 4.04. The van der Waals surface area contributed by atoms with E-state index in [0.717, 1.165) is 3.57 Å². The number of amides is 1. The number of fused-ring (bicyclic) bond motifs is 1. The first kappa shape index (κ1) is 28.6. The molecule has 1 atom stereocenters. The number of phenols is 1. The molecule has 0 aliphatic carbocycles. The minimum absolute atomic E-state index is 0.108. The molecule has 0 saturated carbocycles. The van der Waals surface area contributed by atoms with Gasteiger partial charge in [-0.1, -0.05) is 11.3 Å². The molecule has 1 aliphatic heterocycles. The number of aromatic hydroxyl groups is 1. The molecule has 1 aromatic heterocycles. The number of thiazole rings is 1. The van der Waals surface area contributed by atoms with Crippen LogP contribution >= 0.6 is 56.5 Å². The summed E-state index contributed by atoms with van der Waals surface area (Å²) in [6.07, 6.45) is 1.68. The Morgan fingerprint density at radius 3 is 2.53 bits per heavy atom. The van der Waals surface area contributed by atoms with Crippen molar-refractivity contribution in [2.24, 2.45) is 4.99 Å². The molecule has 4 rings (SSSR count). The highest BCUT2D eigenvalue weighted by atomic mass is 127. The highest BCUT2D eigenvalue weighted by Gasteiger charge is 2.36. The lowest BCUT2D eigenvalue weighted by Crippen LogP contribution is -2.43. The van der Waals surface area contributed by atoms with Gasteiger partial charge in [0, 0.05) is 27.8 Å². The van der Waals surface area contributed by atoms with Crippen molar-refractivity contribution in [1.29, 1.82) is 0 Å². The lowest BCUT2D eigenvalue weighted by atomic mass is 9.93. The average Bonchev–Trinajstić information content (AvgIpc) is 3.20. The number of allylic oxidation sites excluding steroid dienone is 1. The number of carbonyl (C=O) groups is 1. The summed E-state index contributed by atoms with van der Waals surface area (Å²) < 4.78 is 14.7. The summed E-state index contributed by atoms with van der Waals surface area (Å²) in [5, 5.41) is 10.6. The van der Waals surface area contributed by atoms with E-state index in [9.17, 15) is 14.7 Å². The number of carbonyl (C=O) groups excluding carboxylic acids is 1. The molecule has 0 unspecified atom stereocenters. The summed E-state index contributed by atoms with van der Waals surface area (Å²) in [6, 6.07) is 8.23. The standard InChI is InChI=1S/C27H27I2N3O5S/c1-6-31(7-2)26(35)22-14(3)30-27-32(23(22)18-13-17(36-4)8-9-20(18)37-5)25(34)21(38-27)11-15-10-16(28)12-19(29)24(15)33/h8-13,23,33H,6-7H2,1-5H3/b21-11+/t23-/m1/s1. The first-order valence-corrected chi connectivity index (χ1v) is 14.8. The molecule has 0 saturated heterocycles. The molecule has 0 fully saturated rings. The van der Waals surface area contributed by atoms with E-state index in [2.05, 4.69) is 45.2 Å². The zero-order valence-corrected chi connectivity index (χ0v) is 26.7. The molecular formula is C27H27I2N3O5S. The number of nitrogens with zero attached hydrogens (tertiary/aromatic N) is 3. The summed E-state index contributed by atoms with van der Waals surface area (Å²) in [7, 11) is 3.12. The zero-order chi connectivity index (χ0) is 27.7. The minimum Gasteiger partial charge on any atom is -0.506 e. The number of phenolic OH excluding ortho intramolecular Hbond substituents is 1. The maximum Gasteiger partial charge on any atom is 0.271 e. The van der Waals surface area contributed by atoms with Gasteiger partial charge in [0.25, 0.3) is 11.5 Å². The van der Waals surface area contributed by atoms with Crippen molar-refractivity contribution >= 4 is 68.5 Å². The molecule has 2 aromatic carbocycles. The predicted molar refractivity (Wildman–Crippen MR) is 165 cm³/mol. The van der Waals surface area contributed by atoms with Gasteiger partial charge in [0.15, 0.2) is 4.80 Å². The number of aromatic nitrogens is 1. The number of ether oxygens (including phenoxy) is 2. The molecule has 0 spiro atoms. The molecule has 3 aromatic rings. The van der Waals surface area contributed by atoms with Crippen LogP contribution in [0.15, 0.2) is 51.4 Å². The number of rotatable bonds is 7. The molecule has 38 heavy (non-hydrogen) atoms. The Bertz CT molecular complexity index is 1620. The molecular weight excluding hydrogens is 732 g/mol. The van der Waals surface area contributed by atoms with E-state index in [0.29, 0.717) is 59.9 Å². The molecule has 200 valence electrons. The van der Waals surface area contributed by atoms with Crippen LogP contribution in [0.3, 0.4) is 0 Å². The van der Waals surface area contributed by atoms with Crippen molar-refractivity contribution in [3.63, 3.8) is 0 Å². The van der Waals surface area contributed by atoms with Gasteiger partial charge in [-0.15, -0.1) is 0 Å². The van der Waals surface area contributed by atoms with Crippen LogP contribution in [-0.4, -0.2) is 47.8 Å². The summed E-state index contributed by atoms with van der Waals surface area (Å²) in [5.41, 5.74) is 1.80. The summed E-state index contributed by atoms with van der Waals surface area (Å²) in [5.74, 6) is 1.02. The molecule has 1 aliphatic rings. The van der Waals surface area contributed by atoms with Gasteiger partial charge in [0.1, 0.15) is 23.3 Å². The molecule has 8 nitrogen and oxygen atoms in total. The molecule has 2 heterocycles. The van der Waals surface area contributed by atoms with E-state index >= 15 is 0 Å². The van der Waals surface area contributed by atoms with E-state index in [1.54, 1.807) is 54.9 Å². The van der Waals surface area contributed by atoms with E-state index in [-0.39, 0.29) is 17.2 Å². The Hall–Kier alpha value is -2.39. The topological polar surface area (TPSA) is 93.4 Å². The third-order valence-corrected chi connectivity index (χ3v) is 8.81. The first-order chi connectivity index (χ1) is 18.1. The largest absolute Gasteiger partial charge is 0.506 e. The van der Waals surface area contributed by atoms with Crippen LogP contribution < -0.4 is 24.4 Å². The van der Waals surface area contributed by atoms with Gasteiger partial charge in [0.2, 0.25) is 0 Å². The van der Waals surface area contributed by atoms with Gasteiger partial charge >= 0.3 is 0 Å². The fourth-order valence-corrected chi connectivity index (χ4v) is 7.39. The van der Waals surface area contributed by atoms with Crippen molar-refractivity contribution in [2.75, 3.05) is 27.3 Å². The van der Waals surface area contributed by atoms with Gasteiger partial charge < -0.3 is 19.5 Å². The molecule has 1 amide bonds. The lowest BCUT2D eigenvalue weighted by Gasteiger charge is -2.30. The van der Waals surface area contributed by atoms with Crippen molar-refractivity contribution in [3.8, 4) is 17.2 Å². The average molecular weight is 759 g/mol. The van der Waals surface area contributed by atoms with Crippen LogP contribution in [0, 0.1) is 7.14 Å². The number of likely N-dealkylation sites (N-methyl/N-ethyl adjacent to an activating group) is 1. The lowest BCUT2D eigenvalue weighted by molar-refractivity contribution is -0.127. The van der Waals surface area contributed by atoms with E-state index < -0.39 is 6.04 Å². The number of halogens is 2. The van der Waals surface area contributed by atoms with Gasteiger partial charge in [-0.05, 0) is 102 Å². The van der Waals surface area contributed by atoms with Gasteiger partial charge in [0.05, 0.1) is 33.6 Å². The number of hydrogen-bond donors (Lipinski definition) is 1. The van der Waals surface area contributed by atoms with E-state index in [4.69, 9.17) is 14.5 Å². The van der Waals surface area contributed by atoms with Crippen LogP contribution in [0.4, 0.5) is 0 Å². The maximum atomic E-state index is 14.0. The van der Waals surface area contributed by atoms with Crippen molar-refractivity contribution < 1.29 is 19.4 Å². The van der Waals surface area contributed by atoms with Gasteiger partial charge in [-0.2, -0.15) is 0 Å². The summed E-state index contributed by atoms with van der Waals surface area (Å²) >= 11 is 5.46. The number of methoxy groups -OCH3 is 2. The Labute approximate surface area is 251 Å². The minimum atomic E-state index is -0.781. The fourth-order valence-electron chi connectivity index (χ4n) is 4.46. The van der Waals surface area contributed by atoms with Gasteiger partial charge in [-0.25, -0.2) is 4.99 Å². The number of hydrogen-bond acceptors (Lipinski definition) is 7. The fraction of sp³-hybridized carbons (Fsp3) is 0.296. The van der Waals surface area contributed by atoms with Crippen molar-refractivity contribution in [3.05, 3.63) is 79.6 Å². The second kappa shape index (κ2) is 11.8. The van der Waals surface area contributed by atoms with Crippen LogP contribution in [0.5, 0.6) is 17.2 Å². The van der Waals surface area contributed by atoms with Crippen molar-refractivity contribution in [2.45, 2.75) is 26.8 Å². The molecule has 11 heteroatoms. The van der Waals surface area contributed by atoms with Gasteiger partial charge in [-0.3, -0.25) is 14.2 Å². The normalized spacial score (nSPS) is 15.2. The Morgan fingerprint density at radius 1 is 1.18 bits per heavy atom. The second-order valence-corrected chi connectivity index (χ2v) is 11.9. The Balaban J connectivity index is 2.05. The van der Waals surface area contributed by atoms with Crippen molar-refractivity contribution in [1.82, 2.24) is 9.47 Å². The van der Waals surface area contributed by atoms with Crippen LogP contribution in [-0.2, 0) is 4.79 Å². The number of benzene rings is 2. The molecule has 0 radical (unpaired) electrons. The van der Waals surface area contributed by atoms with Crippen LogP contribution in [0.25, 0.3) is 6.08 Å². The summed E-state index contributed by atoms with van der Waals surface area (Å²) in [6.45, 7) is 6.67. The smallest absolute Gasteiger partial charge is 0.271 e. The molecule has 1 N–H and O–H groups in total. The third-order valence-electron chi connectivity index (χ3n) is 6.38. The second-order valence-electron chi connectivity index (χ2n) is 8.49. The highest BCUT2D eigenvalue weighted by Crippen LogP contribution is 2.38. The van der Waals surface area contributed by atoms with E-state index in [1.807, 2.05) is 26.0 Å². The summed E-state index contributed by atoms with van der Waals surface area (Å²) in [4.78, 5) is 34.7. The monoisotopic (exact) mass is 759 g/mol. The van der Waals surface area contributed by atoms with E-state index in [1.165, 1.54) is 11.3 Å². The zero-order valence-electron chi connectivity index (χ0n) is 21.5. The van der Waals surface area contributed by atoms with Crippen LogP contribution in [0.2, 0.25) is 0 Å².